The van der Waals surface area contributed by atoms with Crippen molar-refractivity contribution in [3.05, 3.63) is 40.4 Å². The number of carbonyl (C=O) groups excluding carboxylic acids is 2. The van der Waals surface area contributed by atoms with Crippen molar-refractivity contribution in [1.29, 1.82) is 0 Å². The standard InChI is InChI=1S/C19H21ClN2O4S/c1-4-19(15(23)25-5-2)11-18(3,26-16(19)24)14-10-27-17(22-14)21-13-9-7-6-8-12(13)20/h6-10H,4-5,11H2,1-3H3,(H,21,22)/t18-,19-/m0/s1. The molecular formula is C19H21ClN2O4S. The van der Waals surface area contributed by atoms with E-state index in [2.05, 4.69) is 10.3 Å². The van der Waals surface area contributed by atoms with Crippen LogP contribution < -0.4 is 5.32 Å². The Bertz CT molecular complexity index is 871. The number of hydrogen-bond donors (Lipinski definition) is 1. The Morgan fingerprint density at radius 3 is 2.81 bits per heavy atom. The number of aromatic nitrogens is 1. The zero-order valence-electron chi connectivity index (χ0n) is 15.4. The summed E-state index contributed by atoms with van der Waals surface area (Å²) in [6.45, 7) is 5.49. The topological polar surface area (TPSA) is 77.5 Å². The van der Waals surface area contributed by atoms with Crippen LogP contribution in [0.1, 0.15) is 39.3 Å². The van der Waals surface area contributed by atoms with Gasteiger partial charge in [0, 0.05) is 11.8 Å². The second-order valence-electron chi connectivity index (χ2n) is 6.60. The number of halogens is 1. The highest BCUT2D eigenvalue weighted by Crippen LogP contribution is 2.49. The number of esters is 2. The van der Waals surface area contributed by atoms with Crippen molar-refractivity contribution in [2.75, 3.05) is 11.9 Å². The smallest absolute Gasteiger partial charge is 0.324 e. The maximum Gasteiger partial charge on any atom is 0.324 e. The molecule has 2 atom stereocenters. The molecule has 0 aliphatic carbocycles. The zero-order chi connectivity index (χ0) is 19.7. The Balaban J connectivity index is 1.85. The Morgan fingerprint density at radius 1 is 1.41 bits per heavy atom. The third kappa shape index (κ3) is 3.53. The minimum absolute atomic E-state index is 0.198. The zero-order valence-corrected chi connectivity index (χ0v) is 16.9. The van der Waals surface area contributed by atoms with E-state index >= 15 is 0 Å². The van der Waals surface area contributed by atoms with Gasteiger partial charge in [0.05, 0.1) is 23.0 Å². The summed E-state index contributed by atoms with van der Waals surface area (Å²) >= 11 is 7.55. The summed E-state index contributed by atoms with van der Waals surface area (Å²) in [5.41, 5.74) is -0.945. The molecule has 2 aromatic rings. The van der Waals surface area contributed by atoms with Crippen LogP contribution in [0.3, 0.4) is 0 Å². The van der Waals surface area contributed by atoms with Crippen LogP contribution in [0.5, 0.6) is 0 Å². The highest BCUT2D eigenvalue weighted by Gasteiger charge is 2.60. The first-order valence-electron chi connectivity index (χ1n) is 8.73. The molecule has 144 valence electrons. The fraction of sp³-hybridized carbons (Fsp3) is 0.421. The fourth-order valence-corrected chi connectivity index (χ4v) is 4.25. The average molecular weight is 409 g/mol. The van der Waals surface area contributed by atoms with E-state index in [-0.39, 0.29) is 13.0 Å². The van der Waals surface area contributed by atoms with Gasteiger partial charge in [0.15, 0.2) is 16.1 Å². The second-order valence-corrected chi connectivity index (χ2v) is 7.86. The fourth-order valence-electron chi connectivity index (χ4n) is 3.22. The maximum absolute atomic E-state index is 12.6. The first kappa shape index (κ1) is 19.6. The van der Waals surface area contributed by atoms with E-state index in [9.17, 15) is 9.59 Å². The van der Waals surface area contributed by atoms with Crippen LogP contribution in [-0.2, 0) is 24.7 Å². The van der Waals surface area contributed by atoms with Crippen molar-refractivity contribution >= 4 is 45.7 Å². The van der Waals surface area contributed by atoms with Crippen LogP contribution in [0.25, 0.3) is 0 Å². The van der Waals surface area contributed by atoms with Crippen molar-refractivity contribution in [1.82, 2.24) is 4.98 Å². The van der Waals surface area contributed by atoms with Crippen molar-refractivity contribution < 1.29 is 19.1 Å². The number of carbonyl (C=O) groups is 2. The van der Waals surface area contributed by atoms with Gasteiger partial charge < -0.3 is 14.8 Å². The number of hydrogen-bond acceptors (Lipinski definition) is 7. The summed E-state index contributed by atoms with van der Waals surface area (Å²) in [5.74, 6) is -1.09. The number of benzene rings is 1. The summed E-state index contributed by atoms with van der Waals surface area (Å²) < 4.78 is 10.8. The SMILES string of the molecule is CCOC(=O)[C@]1(CC)C[C@@](C)(c2csc(Nc3ccccc3Cl)n2)OC1=O. The van der Waals surface area contributed by atoms with Crippen molar-refractivity contribution in [2.45, 2.75) is 39.2 Å². The Labute approximate surface area is 166 Å². The highest BCUT2D eigenvalue weighted by molar-refractivity contribution is 7.13. The van der Waals surface area contributed by atoms with Crippen LogP contribution in [0.15, 0.2) is 29.6 Å². The van der Waals surface area contributed by atoms with Crippen molar-refractivity contribution in [3.8, 4) is 0 Å². The van der Waals surface area contributed by atoms with Crippen LogP contribution in [0.2, 0.25) is 5.02 Å². The number of rotatable bonds is 6. The molecular weight excluding hydrogens is 388 g/mol. The monoisotopic (exact) mass is 408 g/mol. The molecule has 1 aliphatic heterocycles. The molecule has 3 rings (SSSR count). The number of para-hydroxylation sites is 1. The molecule has 1 saturated heterocycles. The third-order valence-electron chi connectivity index (χ3n) is 4.78. The first-order chi connectivity index (χ1) is 12.8. The first-order valence-corrected chi connectivity index (χ1v) is 9.98. The van der Waals surface area contributed by atoms with Gasteiger partial charge in [0.25, 0.3) is 0 Å². The summed E-state index contributed by atoms with van der Waals surface area (Å²) in [4.78, 5) is 29.6. The molecule has 1 aromatic carbocycles. The largest absolute Gasteiger partial charge is 0.465 e. The molecule has 27 heavy (non-hydrogen) atoms. The molecule has 0 spiro atoms. The molecule has 2 heterocycles. The van der Waals surface area contributed by atoms with E-state index in [0.717, 1.165) is 5.69 Å². The summed E-state index contributed by atoms with van der Waals surface area (Å²) in [5, 5.41) is 6.20. The van der Waals surface area contributed by atoms with Gasteiger partial charge in [-0.1, -0.05) is 30.7 Å². The molecule has 6 nitrogen and oxygen atoms in total. The molecule has 0 radical (unpaired) electrons. The number of ether oxygens (including phenoxy) is 2. The number of nitrogens with one attached hydrogen (secondary N) is 1. The predicted molar refractivity (Wildman–Crippen MR) is 104 cm³/mol. The van der Waals surface area contributed by atoms with E-state index in [4.69, 9.17) is 21.1 Å². The molecule has 0 amide bonds. The van der Waals surface area contributed by atoms with Crippen molar-refractivity contribution in [3.63, 3.8) is 0 Å². The van der Waals surface area contributed by atoms with E-state index in [0.29, 0.717) is 22.3 Å². The molecule has 1 aliphatic rings. The highest BCUT2D eigenvalue weighted by atomic mass is 35.5. The minimum Gasteiger partial charge on any atom is -0.465 e. The van der Waals surface area contributed by atoms with Gasteiger partial charge in [0.2, 0.25) is 0 Å². The number of thiazole rings is 1. The summed E-state index contributed by atoms with van der Waals surface area (Å²) in [6.07, 6.45) is 0.512. The van der Waals surface area contributed by atoms with Gasteiger partial charge >= 0.3 is 11.9 Å². The van der Waals surface area contributed by atoms with Crippen molar-refractivity contribution in [2.24, 2.45) is 5.41 Å². The van der Waals surface area contributed by atoms with Gasteiger partial charge in [-0.25, -0.2) is 4.98 Å². The molecule has 0 bridgehead atoms. The Kier molecular flexibility index (Phi) is 5.44. The lowest BCUT2D eigenvalue weighted by molar-refractivity contribution is -0.166. The third-order valence-corrected chi connectivity index (χ3v) is 5.87. The molecule has 1 aromatic heterocycles. The van der Waals surface area contributed by atoms with Gasteiger partial charge in [-0.15, -0.1) is 11.3 Å². The molecule has 1 fully saturated rings. The predicted octanol–water partition coefficient (Wildman–Crippen LogP) is 4.66. The lowest BCUT2D eigenvalue weighted by Crippen LogP contribution is -2.37. The van der Waals surface area contributed by atoms with Gasteiger partial charge in [0.1, 0.15) is 0 Å². The summed E-state index contributed by atoms with van der Waals surface area (Å²) in [7, 11) is 0. The van der Waals surface area contributed by atoms with E-state index in [1.54, 1.807) is 26.8 Å². The van der Waals surface area contributed by atoms with Gasteiger partial charge in [-0.3, -0.25) is 9.59 Å². The second kappa shape index (κ2) is 7.48. The minimum atomic E-state index is -1.29. The average Bonchev–Trinajstić information content (AvgIpc) is 3.21. The Morgan fingerprint density at radius 2 is 2.15 bits per heavy atom. The van der Waals surface area contributed by atoms with Gasteiger partial charge in [-0.05, 0) is 32.4 Å². The van der Waals surface area contributed by atoms with Crippen LogP contribution in [-0.4, -0.2) is 23.5 Å². The molecule has 0 unspecified atom stereocenters. The van der Waals surface area contributed by atoms with Gasteiger partial charge in [-0.2, -0.15) is 0 Å². The van der Waals surface area contributed by atoms with Crippen LogP contribution in [0, 0.1) is 5.41 Å². The lowest BCUT2D eigenvalue weighted by atomic mass is 9.78. The number of nitrogens with zero attached hydrogens (tertiary/aromatic N) is 1. The van der Waals surface area contributed by atoms with Crippen LogP contribution in [0.4, 0.5) is 10.8 Å². The van der Waals surface area contributed by atoms with Crippen LogP contribution >= 0.6 is 22.9 Å². The normalized spacial score (nSPS) is 24.5. The lowest BCUT2D eigenvalue weighted by Gasteiger charge is -2.23. The van der Waals surface area contributed by atoms with E-state index in [1.807, 2.05) is 23.6 Å². The number of anilines is 2. The Hall–Kier alpha value is -2.12. The quantitative estimate of drug-likeness (QED) is 0.553. The molecule has 0 saturated carbocycles. The van der Waals surface area contributed by atoms with E-state index in [1.165, 1.54) is 11.3 Å². The molecule has 8 heteroatoms. The molecule has 1 N–H and O–H groups in total. The maximum atomic E-state index is 12.6. The number of cyclic esters (lactones) is 1. The van der Waals surface area contributed by atoms with E-state index < -0.39 is 23.0 Å². The summed E-state index contributed by atoms with van der Waals surface area (Å²) in [6, 6.07) is 7.36.